The Labute approximate surface area is 154 Å². The maximum atomic E-state index is 12.5. The molecule has 1 aliphatic heterocycles. The van der Waals surface area contributed by atoms with E-state index in [9.17, 15) is 14.4 Å². The zero-order chi connectivity index (χ0) is 18.8. The second-order valence-corrected chi connectivity index (χ2v) is 7.19. The molecule has 2 aromatic heterocycles. The number of fused-ring (bicyclic) bond motifs is 1. The minimum atomic E-state index is -0.394. The number of hydrogen-bond acceptors (Lipinski definition) is 6. The number of carbonyl (C=O) groups excluding carboxylic acids is 1. The average molecular weight is 381 g/mol. The average Bonchev–Trinajstić information content (AvgIpc) is 3.25. The molecular formula is C16H23N5O4S. The third-order valence-corrected chi connectivity index (χ3v) is 5.55. The number of ether oxygens (including phenoxy) is 1. The number of thioether (sulfide) groups is 1. The predicted molar refractivity (Wildman–Crippen MR) is 98.6 cm³/mol. The lowest BCUT2D eigenvalue weighted by molar-refractivity contribution is -0.119. The highest BCUT2D eigenvalue weighted by atomic mass is 32.2. The summed E-state index contributed by atoms with van der Waals surface area (Å²) in [6, 6.07) is 0. The fraction of sp³-hybridized carbons (Fsp3) is 0.625. The summed E-state index contributed by atoms with van der Waals surface area (Å²) >= 11 is 1.24. The molecular weight excluding hydrogens is 358 g/mol. The van der Waals surface area contributed by atoms with Crippen LogP contribution >= 0.6 is 11.8 Å². The van der Waals surface area contributed by atoms with Crippen molar-refractivity contribution in [3.8, 4) is 0 Å². The van der Waals surface area contributed by atoms with Crippen molar-refractivity contribution < 1.29 is 9.53 Å². The Morgan fingerprint density at radius 3 is 2.77 bits per heavy atom. The molecule has 9 nitrogen and oxygen atoms in total. The van der Waals surface area contributed by atoms with Crippen molar-refractivity contribution >= 4 is 28.8 Å². The Morgan fingerprint density at radius 1 is 1.35 bits per heavy atom. The molecule has 0 unspecified atom stereocenters. The number of imidazole rings is 1. The van der Waals surface area contributed by atoms with E-state index < -0.39 is 5.69 Å². The molecule has 3 heterocycles. The van der Waals surface area contributed by atoms with E-state index in [-0.39, 0.29) is 23.3 Å². The van der Waals surface area contributed by atoms with E-state index >= 15 is 0 Å². The molecule has 10 heteroatoms. The molecule has 26 heavy (non-hydrogen) atoms. The van der Waals surface area contributed by atoms with E-state index in [2.05, 4.69) is 10.3 Å². The lowest BCUT2D eigenvalue weighted by atomic mass is 10.2. The third kappa shape index (κ3) is 3.43. The van der Waals surface area contributed by atoms with Crippen molar-refractivity contribution in [2.24, 2.45) is 14.1 Å². The third-order valence-electron chi connectivity index (χ3n) is 4.52. The highest BCUT2D eigenvalue weighted by Crippen LogP contribution is 2.20. The van der Waals surface area contributed by atoms with Gasteiger partial charge in [-0.3, -0.25) is 18.7 Å². The van der Waals surface area contributed by atoms with E-state index in [1.165, 1.54) is 20.9 Å². The molecule has 2 aromatic rings. The summed E-state index contributed by atoms with van der Waals surface area (Å²) in [5.41, 5.74) is -0.0742. The highest BCUT2D eigenvalue weighted by Gasteiger charge is 2.19. The minimum absolute atomic E-state index is 0.0988. The van der Waals surface area contributed by atoms with Crippen LogP contribution < -0.4 is 16.6 Å². The number of amides is 1. The lowest BCUT2D eigenvalue weighted by Gasteiger charge is -2.10. The van der Waals surface area contributed by atoms with Crippen LogP contribution in [0.25, 0.3) is 11.2 Å². The van der Waals surface area contributed by atoms with Gasteiger partial charge in [0.1, 0.15) is 0 Å². The van der Waals surface area contributed by atoms with Crippen LogP contribution in [0.1, 0.15) is 19.8 Å². The smallest absolute Gasteiger partial charge is 0.332 e. The van der Waals surface area contributed by atoms with Gasteiger partial charge in [0.25, 0.3) is 5.56 Å². The summed E-state index contributed by atoms with van der Waals surface area (Å²) < 4.78 is 9.65. The fourth-order valence-corrected chi connectivity index (χ4v) is 3.84. The van der Waals surface area contributed by atoms with E-state index in [1.807, 2.05) is 0 Å². The molecule has 1 aliphatic rings. The number of nitrogens with one attached hydrogen (secondary N) is 1. The van der Waals surface area contributed by atoms with Gasteiger partial charge in [-0.2, -0.15) is 0 Å². The molecule has 1 saturated heterocycles. The Hall–Kier alpha value is -2.07. The van der Waals surface area contributed by atoms with Crippen molar-refractivity contribution in [3.05, 3.63) is 20.8 Å². The molecule has 1 atom stereocenters. The zero-order valence-electron chi connectivity index (χ0n) is 15.2. The van der Waals surface area contributed by atoms with Gasteiger partial charge in [0.15, 0.2) is 16.3 Å². The predicted octanol–water partition coefficient (Wildman–Crippen LogP) is -0.159. The van der Waals surface area contributed by atoms with Crippen LogP contribution in [0, 0.1) is 0 Å². The summed E-state index contributed by atoms with van der Waals surface area (Å²) in [6.07, 6.45) is 2.10. The summed E-state index contributed by atoms with van der Waals surface area (Å²) in [4.78, 5) is 41.2. The van der Waals surface area contributed by atoms with Crippen LogP contribution in [0.5, 0.6) is 0 Å². The molecule has 0 saturated carbocycles. The molecule has 3 rings (SSSR count). The van der Waals surface area contributed by atoms with Crippen LogP contribution in [-0.2, 0) is 30.2 Å². The Bertz CT molecular complexity index is 939. The first-order valence-electron chi connectivity index (χ1n) is 8.61. The first kappa shape index (κ1) is 18.7. The summed E-state index contributed by atoms with van der Waals surface area (Å²) in [5, 5.41) is 3.38. The van der Waals surface area contributed by atoms with Crippen molar-refractivity contribution in [1.29, 1.82) is 0 Å². The van der Waals surface area contributed by atoms with Crippen LogP contribution in [0.4, 0.5) is 0 Å². The normalized spacial score (nSPS) is 17.1. The van der Waals surface area contributed by atoms with Gasteiger partial charge in [-0.15, -0.1) is 0 Å². The quantitative estimate of drug-likeness (QED) is 0.698. The van der Waals surface area contributed by atoms with Gasteiger partial charge in [0.05, 0.1) is 11.9 Å². The van der Waals surface area contributed by atoms with Crippen molar-refractivity contribution in [2.75, 3.05) is 18.9 Å². The minimum Gasteiger partial charge on any atom is -0.376 e. The van der Waals surface area contributed by atoms with E-state index in [0.29, 0.717) is 29.4 Å². The van der Waals surface area contributed by atoms with Gasteiger partial charge < -0.3 is 14.6 Å². The zero-order valence-corrected chi connectivity index (χ0v) is 16.0. The topological polar surface area (TPSA) is 100 Å². The molecule has 1 N–H and O–H groups in total. The highest BCUT2D eigenvalue weighted by molar-refractivity contribution is 7.99. The van der Waals surface area contributed by atoms with E-state index in [1.54, 1.807) is 25.6 Å². The maximum absolute atomic E-state index is 12.5. The second kappa shape index (κ2) is 7.67. The van der Waals surface area contributed by atoms with Crippen LogP contribution in [-0.4, -0.2) is 49.6 Å². The number of aryl methyl sites for hydroxylation is 2. The van der Waals surface area contributed by atoms with Gasteiger partial charge in [0.2, 0.25) is 5.91 Å². The SMILES string of the molecule is CCn1c(=O)c2c(nc(SCC(=O)NC[C@H]3CCCO3)n2C)n(C)c1=O. The van der Waals surface area contributed by atoms with Gasteiger partial charge >= 0.3 is 5.69 Å². The molecule has 1 fully saturated rings. The van der Waals surface area contributed by atoms with Crippen molar-refractivity contribution in [3.63, 3.8) is 0 Å². The number of aromatic nitrogens is 4. The molecule has 0 aromatic carbocycles. The lowest BCUT2D eigenvalue weighted by Crippen LogP contribution is -2.39. The molecule has 0 bridgehead atoms. The summed E-state index contributed by atoms with van der Waals surface area (Å²) in [5.74, 6) is 0.0668. The monoisotopic (exact) mass is 381 g/mol. The summed E-state index contributed by atoms with van der Waals surface area (Å²) in [7, 11) is 3.31. The molecule has 0 spiro atoms. The Balaban J connectivity index is 1.76. The fourth-order valence-electron chi connectivity index (χ4n) is 3.05. The first-order valence-corrected chi connectivity index (χ1v) is 9.60. The van der Waals surface area contributed by atoms with Crippen LogP contribution in [0.15, 0.2) is 14.7 Å². The van der Waals surface area contributed by atoms with Crippen molar-refractivity contribution in [2.45, 2.75) is 37.6 Å². The van der Waals surface area contributed by atoms with E-state index in [0.717, 1.165) is 19.4 Å². The second-order valence-electron chi connectivity index (χ2n) is 6.24. The Kier molecular flexibility index (Phi) is 5.52. The number of carbonyl (C=O) groups is 1. The maximum Gasteiger partial charge on any atom is 0.332 e. The Morgan fingerprint density at radius 2 is 2.12 bits per heavy atom. The van der Waals surface area contributed by atoms with Gasteiger partial charge in [0, 0.05) is 33.8 Å². The number of rotatable bonds is 6. The van der Waals surface area contributed by atoms with Crippen LogP contribution in [0.3, 0.4) is 0 Å². The molecule has 0 radical (unpaired) electrons. The first-order chi connectivity index (χ1) is 12.4. The largest absolute Gasteiger partial charge is 0.376 e. The number of hydrogen-bond donors (Lipinski definition) is 1. The van der Waals surface area contributed by atoms with Gasteiger partial charge in [-0.1, -0.05) is 11.8 Å². The molecule has 0 aliphatic carbocycles. The van der Waals surface area contributed by atoms with Crippen molar-refractivity contribution in [1.82, 2.24) is 24.0 Å². The number of nitrogens with zero attached hydrogens (tertiary/aromatic N) is 4. The van der Waals surface area contributed by atoms with Gasteiger partial charge in [-0.25, -0.2) is 9.78 Å². The van der Waals surface area contributed by atoms with Crippen LogP contribution in [0.2, 0.25) is 0 Å². The molecule has 1 amide bonds. The van der Waals surface area contributed by atoms with E-state index in [4.69, 9.17) is 4.74 Å². The summed E-state index contributed by atoms with van der Waals surface area (Å²) in [6.45, 7) is 3.31. The molecule has 142 valence electrons. The standard InChI is InChI=1S/C16H23N5O4S/c1-4-21-14(23)12-13(20(3)16(21)24)18-15(19(12)2)26-9-11(22)17-8-10-6-5-7-25-10/h10H,4-9H2,1-3H3,(H,17,22)/t10-/m1/s1. The van der Waals surface area contributed by atoms with Gasteiger partial charge in [-0.05, 0) is 19.8 Å².